The molecule has 1 aromatic carbocycles. The zero-order valence-electron chi connectivity index (χ0n) is 20.5. The van der Waals surface area contributed by atoms with Crippen LogP contribution in [0.1, 0.15) is 38.6 Å². The summed E-state index contributed by atoms with van der Waals surface area (Å²) in [7, 11) is 0. The molecule has 2 aliphatic heterocycles. The molecule has 4 N–H and O–H groups in total. The highest BCUT2D eigenvalue weighted by Crippen LogP contribution is 2.38. The van der Waals surface area contributed by atoms with Crippen LogP contribution >= 0.6 is 0 Å². The summed E-state index contributed by atoms with van der Waals surface area (Å²) < 4.78 is 42.9. The van der Waals surface area contributed by atoms with Gasteiger partial charge in [-0.3, -0.25) is 9.69 Å². The summed E-state index contributed by atoms with van der Waals surface area (Å²) in [6.07, 6.45) is -0.950. The number of imidazole rings is 1. The molecule has 2 fully saturated rings. The average Bonchev–Trinajstić information content (AvgIpc) is 3.49. The van der Waals surface area contributed by atoms with Crippen LogP contribution in [0.2, 0.25) is 0 Å². The fourth-order valence-corrected chi connectivity index (χ4v) is 5.32. The highest BCUT2D eigenvalue weighted by Gasteiger charge is 2.41. The van der Waals surface area contributed by atoms with Crippen LogP contribution in [-0.4, -0.2) is 87.1 Å². The van der Waals surface area contributed by atoms with Crippen molar-refractivity contribution in [3.8, 4) is 11.3 Å². The Labute approximate surface area is 208 Å². The predicted octanol–water partition coefficient (Wildman–Crippen LogP) is 2.21. The zero-order valence-corrected chi connectivity index (χ0v) is 20.5. The summed E-state index contributed by atoms with van der Waals surface area (Å²) in [6.45, 7) is 4.80. The summed E-state index contributed by atoms with van der Waals surface area (Å²) in [5, 5.41) is 24.4. The molecule has 0 radical (unpaired) electrons. The average molecular weight is 510 g/mol. The van der Waals surface area contributed by atoms with E-state index in [1.807, 2.05) is 0 Å². The molecular formula is C25H34F3N5O3. The van der Waals surface area contributed by atoms with Gasteiger partial charge in [-0.25, -0.2) is 18.2 Å². The molecule has 11 heteroatoms. The molecule has 8 nitrogen and oxygen atoms in total. The van der Waals surface area contributed by atoms with Crippen molar-refractivity contribution >= 4 is 5.91 Å². The van der Waals surface area contributed by atoms with Crippen LogP contribution in [0.5, 0.6) is 0 Å². The maximum atomic E-state index is 14.6. The third-order valence-electron chi connectivity index (χ3n) is 7.36. The summed E-state index contributed by atoms with van der Waals surface area (Å²) in [4.78, 5) is 22.9. The van der Waals surface area contributed by atoms with E-state index >= 15 is 0 Å². The van der Waals surface area contributed by atoms with Crippen LogP contribution in [-0.2, 0) is 4.79 Å². The van der Waals surface area contributed by atoms with E-state index in [4.69, 9.17) is 0 Å². The fraction of sp³-hybridized carbons (Fsp3) is 0.600. The molecular weight excluding hydrogens is 475 g/mol. The van der Waals surface area contributed by atoms with Gasteiger partial charge in [-0.15, -0.1) is 0 Å². The SMILES string of the molecule is CC(=O)N1CCC(C(c2ncc(-c3cc(F)ccc3F)[nH]2)N(CC2CNCC2F)C(O)C(C)O)CC1. The molecule has 198 valence electrons. The van der Waals surface area contributed by atoms with Gasteiger partial charge in [-0.05, 0) is 43.9 Å². The van der Waals surface area contributed by atoms with Gasteiger partial charge in [0.2, 0.25) is 5.91 Å². The lowest BCUT2D eigenvalue weighted by atomic mass is 9.86. The topological polar surface area (TPSA) is 105 Å². The summed E-state index contributed by atoms with van der Waals surface area (Å²) in [5.41, 5.74) is 0.288. The molecule has 5 unspecified atom stereocenters. The van der Waals surface area contributed by atoms with Crippen LogP contribution in [0.25, 0.3) is 11.3 Å². The minimum atomic E-state index is -1.31. The molecule has 0 saturated carbocycles. The summed E-state index contributed by atoms with van der Waals surface area (Å²) >= 11 is 0. The number of aromatic amines is 1. The molecule has 1 amide bonds. The lowest BCUT2D eigenvalue weighted by molar-refractivity contribution is -0.133. The van der Waals surface area contributed by atoms with Gasteiger partial charge < -0.3 is 25.4 Å². The molecule has 36 heavy (non-hydrogen) atoms. The number of aliphatic hydroxyl groups is 2. The van der Waals surface area contributed by atoms with E-state index in [9.17, 15) is 28.2 Å². The van der Waals surface area contributed by atoms with Crippen LogP contribution in [0.4, 0.5) is 13.2 Å². The number of piperidine rings is 1. The second-order valence-electron chi connectivity index (χ2n) is 9.88. The number of likely N-dealkylation sites (tertiary alicyclic amines) is 1. The number of aliphatic hydroxyl groups excluding tert-OH is 2. The van der Waals surface area contributed by atoms with Gasteiger partial charge in [0, 0.05) is 51.1 Å². The normalized spacial score (nSPS) is 23.7. The number of aromatic nitrogens is 2. The van der Waals surface area contributed by atoms with Crippen molar-refractivity contribution < 1.29 is 28.2 Å². The highest BCUT2D eigenvalue weighted by molar-refractivity contribution is 5.73. The van der Waals surface area contributed by atoms with E-state index in [0.717, 1.165) is 18.2 Å². The van der Waals surface area contributed by atoms with Gasteiger partial charge in [0.05, 0.1) is 24.0 Å². The van der Waals surface area contributed by atoms with E-state index in [1.165, 1.54) is 20.0 Å². The van der Waals surface area contributed by atoms with Gasteiger partial charge in [-0.2, -0.15) is 0 Å². The number of carbonyl (C=O) groups is 1. The number of benzene rings is 1. The van der Waals surface area contributed by atoms with E-state index in [1.54, 1.807) is 9.80 Å². The first-order chi connectivity index (χ1) is 17.2. The first-order valence-corrected chi connectivity index (χ1v) is 12.4. The van der Waals surface area contributed by atoms with Crippen LogP contribution in [0.15, 0.2) is 24.4 Å². The Morgan fingerprint density at radius 2 is 1.97 bits per heavy atom. The smallest absolute Gasteiger partial charge is 0.219 e. The molecule has 2 saturated heterocycles. The predicted molar refractivity (Wildman–Crippen MR) is 127 cm³/mol. The summed E-state index contributed by atoms with van der Waals surface area (Å²) in [5.74, 6) is -1.34. The molecule has 4 rings (SSSR count). The second kappa shape index (κ2) is 11.3. The number of amides is 1. The molecule has 5 atom stereocenters. The Morgan fingerprint density at radius 3 is 2.58 bits per heavy atom. The number of rotatable bonds is 8. The monoisotopic (exact) mass is 509 g/mol. The molecule has 0 bridgehead atoms. The van der Waals surface area contributed by atoms with Crippen molar-refractivity contribution in [3.63, 3.8) is 0 Å². The molecule has 3 heterocycles. The molecule has 0 aliphatic carbocycles. The Morgan fingerprint density at radius 1 is 1.25 bits per heavy atom. The Kier molecular flexibility index (Phi) is 8.34. The van der Waals surface area contributed by atoms with E-state index in [0.29, 0.717) is 38.3 Å². The minimum absolute atomic E-state index is 0.0188. The number of alkyl halides is 1. The first-order valence-electron chi connectivity index (χ1n) is 12.4. The third kappa shape index (κ3) is 5.74. The largest absolute Gasteiger partial charge is 0.389 e. The van der Waals surface area contributed by atoms with Gasteiger partial charge in [0.25, 0.3) is 0 Å². The Bertz CT molecular complexity index is 1040. The molecule has 0 spiro atoms. The fourth-order valence-electron chi connectivity index (χ4n) is 5.32. The van der Waals surface area contributed by atoms with E-state index in [2.05, 4.69) is 15.3 Å². The number of halogens is 3. The number of hydrogen-bond donors (Lipinski definition) is 4. The van der Waals surface area contributed by atoms with Gasteiger partial charge in [0.1, 0.15) is 29.9 Å². The third-order valence-corrected chi connectivity index (χ3v) is 7.36. The molecule has 1 aromatic heterocycles. The number of H-pyrrole nitrogens is 1. The minimum Gasteiger partial charge on any atom is -0.389 e. The lowest BCUT2D eigenvalue weighted by Crippen LogP contribution is -2.51. The number of nitrogens with one attached hydrogen (secondary N) is 2. The highest BCUT2D eigenvalue weighted by atomic mass is 19.1. The standard InChI is InChI=1S/C25H34F3N5O3/c1-14(34)25(36)33(13-17-10-29-11-21(17)28)23(16-5-7-32(8-6-16)15(2)35)24-30-12-22(31-24)19-9-18(26)3-4-20(19)27/h3-4,9,12,14,16-17,21,23,25,29,34,36H,5-8,10-11,13H2,1-2H3,(H,30,31). The Hall–Kier alpha value is -2.47. The van der Waals surface area contributed by atoms with Crippen LogP contribution in [0, 0.1) is 23.5 Å². The van der Waals surface area contributed by atoms with E-state index in [-0.39, 0.29) is 36.2 Å². The van der Waals surface area contributed by atoms with Gasteiger partial charge in [0.15, 0.2) is 0 Å². The van der Waals surface area contributed by atoms with Crippen molar-refractivity contribution in [1.29, 1.82) is 0 Å². The van der Waals surface area contributed by atoms with Crippen molar-refractivity contribution in [1.82, 2.24) is 25.1 Å². The number of nitrogens with zero attached hydrogens (tertiary/aromatic N) is 3. The number of hydrogen-bond acceptors (Lipinski definition) is 6. The maximum Gasteiger partial charge on any atom is 0.219 e. The number of carbonyl (C=O) groups excluding carboxylic acids is 1. The maximum absolute atomic E-state index is 14.6. The summed E-state index contributed by atoms with van der Waals surface area (Å²) in [6, 6.07) is 2.57. The van der Waals surface area contributed by atoms with Crippen LogP contribution < -0.4 is 5.32 Å². The van der Waals surface area contributed by atoms with Crippen LogP contribution in [0.3, 0.4) is 0 Å². The quantitative estimate of drug-likeness (QED) is 0.407. The zero-order chi connectivity index (χ0) is 26.0. The van der Waals surface area contributed by atoms with E-state index < -0.39 is 42.1 Å². The second-order valence-corrected chi connectivity index (χ2v) is 9.88. The van der Waals surface area contributed by atoms with Crippen molar-refractivity contribution in [2.45, 2.75) is 51.2 Å². The molecule has 2 aromatic rings. The molecule has 2 aliphatic rings. The first kappa shape index (κ1) is 26.6. The lowest BCUT2D eigenvalue weighted by Gasteiger charge is -2.43. The van der Waals surface area contributed by atoms with Gasteiger partial charge in [-0.1, -0.05) is 0 Å². The van der Waals surface area contributed by atoms with Crippen molar-refractivity contribution in [2.24, 2.45) is 11.8 Å². The van der Waals surface area contributed by atoms with Gasteiger partial charge >= 0.3 is 0 Å². The van der Waals surface area contributed by atoms with Crippen molar-refractivity contribution in [2.75, 3.05) is 32.7 Å². The Balaban J connectivity index is 1.71. The van der Waals surface area contributed by atoms with Crippen molar-refractivity contribution in [3.05, 3.63) is 41.9 Å².